The Morgan fingerprint density at radius 2 is 2.08 bits per heavy atom. The van der Waals surface area contributed by atoms with E-state index in [1.165, 1.54) is 25.7 Å². The van der Waals surface area contributed by atoms with E-state index in [0.29, 0.717) is 5.41 Å². The Bertz CT molecular complexity index is 340. The Hall–Kier alpha value is -0.780. The van der Waals surface area contributed by atoms with Crippen molar-refractivity contribution in [3.63, 3.8) is 0 Å². The van der Waals surface area contributed by atoms with E-state index in [1.54, 1.807) is 11.1 Å². The Labute approximate surface area is 80.0 Å². The van der Waals surface area contributed by atoms with Crippen LogP contribution >= 0.6 is 0 Å². The van der Waals surface area contributed by atoms with Crippen LogP contribution in [-0.4, -0.2) is 0 Å². The molecule has 1 aromatic carbocycles. The predicted octanol–water partition coefficient (Wildman–Crippen LogP) is 3.30. The van der Waals surface area contributed by atoms with Crippen LogP contribution in [0.4, 0.5) is 0 Å². The van der Waals surface area contributed by atoms with Crippen molar-refractivity contribution < 1.29 is 0 Å². The summed E-state index contributed by atoms with van der Waals surface area (Å²) in [7, 11) is 0. The third-order valence-electron chi connectivity index (χ3n) is 4.08. The summed E-state index contributed by atoms with van der Waals surface area (Å²) in [6.45, 7) is 2.40. The molecule has 0 aromatic heterocycles. The zero-order valence-corrected chi connectivity index (χ0v) is 8.22. The van der Waals surface area contributed by atoms with Crippen LogP contribution in [-0.2, 0) is 11.8 Å². The zero-order valence-electron chi connectivity index (χ0n) is 8.22. The number of aryl methyl sites for hydroxylation is 1. The topological polar surface area (TPSA) is 0 Å². The zero-order chi connectivity index (χ0) is 8.89. The second-order valence-corrected chi connectivity index (χ2v) is 4.77. The third kappa shape index (κ3) is 0.919. The molecule has 68 valence electrons. The fraction of sp³-hybridized carbons (Fsp3) is 0.538. The van der Waals surface area contributed by atoms with Gasteiger partial charge in [0, 0.05) is 0 Å². The quantitative estimate of drug-likeness (QED) is 0.563. The molecule has 13 heavy (non-hydrogen) atoms. The van der Waals surface area contributed by atoms with Gasteiger partial charge in [0.15, 0.2) is 0 Å². The second-order valence-electron chi connectivity index (χ2n) is 4.77. The molecule has 3 rings (SSSR count). The van der Waals surface area contributed by atoms with Crippen molar-refractivity contribution in [2.75, 3.05) is 0 Å². The molecule has 1 aromatic rings. The molecule has 2 aliphatic rings. The number of hydrogen-bond acceptors (Lipinski definition) is 0. The smallest absolute Gasteiger partial charge is 0.00154 e. The first-order valence-electron chi connectivity index (χ1n) is 5.41. The number of fused-ring (bicyclic) bond motifs is 2. The van der Waals surface area contributed by atoms with E-state index in [-0.39, 0.29) is 0 Å². The van der Waals surface area contributed by atoms with Gasteiger partial charge >= 0.3 is 0 Å². The SMILES string of the molecule is C[C@@H]1C[C@@]12CCCc1ccccc12. The van der Waals surface area contributed by atoms with Crippen molar-refractivity contribution in [3.05, 3.63) is 35.4 Å². The first kappa shape index (κ1) is 7.61. The molecule has 0 heterocycles. The highest BCUT2D eigenvalue weighted by Gasteiger charge is 2.53. The van der Waals surface area contributed by atoms with Crippen molar-refractivity contribution in [2.24, 2.45) is 5.92 Å². The van der Waals surface area contributed by atoms with Crippen molar-refractivity contribution >= 4 is 0 Å². The summed E-state index contributed by atoms with van der Waals surface area (Å²) in [5.74, 6) is 0.939. The summed E-state index contributed by atoms with van der Waals surface area (Å²) in [6, 6.07) is 9.07. The lowest BCUT2D eigenvalue weighted by molar-refractivity contribution is 0.509. The van der Waals surface area contributed by atoms with Crippen molar-refractivity contribution in [1.29, 1.82) is 0 Å². The summed E-state index contributed by atoms with van der Waals surface area (Å²) in [6.07, 6.45) is 5.58. The molecule has 0 amide bonds. The molecule has 0 nitrogen and oxygen atoms in total. The molecule has 0 heteroatoms. The highest BCUT2D eigenvalue weighted by Crippen LogP contribution is 2.59. The molecule has 1 fully saturated rings. The van der Waals surface area contributed by atoms with Gasteiger partial charge in [0.2, 0.25) is 0 Å². The summed E-state index contributed by atoms with van der Waals surface area (Å²) in [5, 5.41) is 0. The minimum Gasteiger partial charge on any atom is -0.0620 e. The van der Waals surface area contributed by atoms with Gasteiger partial charge in [-0.05, 0) is 48.1 Å². The van der Waals surface area contributed by atoms with Gasteiger partial charge in [0.1, 0.15) is 0 Å². The minimum atomic E-state index is 0.620. The van der Waals surface area contributed by atoms with Gasteiger partial charge in [-0.15, -0.1) is 0 Å². The van der Waals surface area contributed by atoms with Gasteiger partial charge in [-0.3, -0.25) is 0 Å². The summed E-state index contributed by atoms with van der Waals surface area (Å²) < 4.78 is 0. The molecule has 0 N–H and O–H groups in total. The van der Waals surface area contributed by atoms with Crippen molar-refractivity contribution in [1.82, 2.24) is 0 Å². The first-order valence-corrected chi connectivity index (χ1v) is 5.41. The molecule has 1 spiro atoms. The molecule has 0 saturated heterocycles. The molecule has 0 unspecified atom stereocenters. The van der Waals surface area contributed by atoms with Crippen molar-refractivity contribution in [3.8, 4) is 0 Å². The lowest BCUT2D eigenvalue weighted by Crippen LogP contribution is -2.17. The van der Waals surface area contributed by atoms with Gasteiger partial charge in [-0.1, -0.05) is 31.2 Å². The van der Waals surface area contributed by atoms with E-state index >= 15 is 0 Å². The summed E-state index contributed by atoms with van der Waals surface area (Å²) in [5.41, 5.74) is 3.92. The van der Waals surface area contributed by atoms with E-state index in [0.717, 1.165) is 5.92 Å². The number of rotatable bonds is 0. The van der Waals surface area contributed by atoms with Crippen LogP contribution < -0.4 is 0 Å². The normalized spacial score (nSPS) is 35.9. The van der Waals surface area contributed by atoms with Crippen LogP contribution in [0.15, 0.2) is 24.3 Å². The predicted molar refractivity (Wildman–Crippen MR) is 54.8 cm³/mol. The van der Waals surface area contributed by atoms with Crippen LogP contribution in [0.25, 0.3) is 0 Å². The van der Waals surface area contributed by atoms with E-state index in [9.17, 15) is 0 Å². The van der Waals surface area contributed by atoms with Crippen LogP contribution in [0.2, 0.25) is 0 Å². The van der Waals surface area contributed by atoms with E-state index < -0.39 is 0 Å². The molecule has 2 aliphatic carbocycles. The van der Waals surface area contributed by atoms with Gasteiger partial charge < -0.3 is 0 Å². The highest BCUT2D eigenvalue weighted by atomic mass is 14.6. The Morgan fingerprint density at radius 1 is 1.31 bits per heavy atom. The molecule has 0 bridgehead atoms. The Kier molecular flexibility index (Phi) is 1.39. The summed E-state index contributed by atoms with van der Waals surface area (Å²) in [4.78, 5) is 0. The highest BCUT2D eigenvalue weighted by molar-refractivity contribution is 5.41. The standard InChI is InChI=1S/C13H16/c1-10-9-13(10)8-4-6-11-5-2-3-7-12(11)13/h2-3,5,7,10H,4,6,8-9H2,1H3/t10-,13+/m1/s1. The third-order valence-corrected chi connectivity index (χ3v) is 4.08. The monoisotopic (exact) mass is 172 g/mol. The number of hydrogen-bond donors (Lipinski definition) is 0. The van der Waals surface area contributed by atoms with E-state index in [2.05, 4.69) is 31.2 Å². The average molecular weight is 172 g/mol. The maximum atomic E-state index is 2.40. The minimum absolute atomic E-state index is 0.620. The fourth-order valence-electron chi connectivity index (χ4n) is 3.16. The van der Waals surface area contributed by atoms with Crippen LogP contribution in [0.5, 0.6) is 0 Å². The molecule has 1 saturated carbocycles. The lowest BCUT2D eigenvalue weighted by Gasteiger charge is -2.26. The van der Waals surface area contributed by atoms with Gasteiger partial charge in [0.25, 0.3) is 0 Å². The largest absolute Gasteiger partial charge is 0.0620 e. The number of benzene rings is 1. The molecular weight excluding hydrogens is 156 g/mol. The van der Waals surface area contributed by atoms with Crippen LogP contribution in [0, 0.1) is 5.92 Å². The Balaban J connectivity index is 2.13. The average Bonchev–Trinajstić information content (AvgIpc) is 2.79. The maximum absolute atomic E-state index is 2.40. The van der Waals surface area contributed by atoms with Gasteiger partial charge in [-0.2, -0.15) is 0 Å². The van der Waals surface area contributed by atoms with Crippen LogP contribution in [0.3, 0.4) is 0 Å². The van der Waals surface area contributed by atoms with Crippen molar-refractivity contribution in [2.45, 2.75) is 38.0 Å². The lowest BCUT2D eigenvalue weighted by atomic mass is 9.79. The maximum Gasteiger partial charge on any atom is -0.00154 e. The van der Waals surface area contributed by atoms with E-state index in [1.807, 2.05) is 0 Å². The van der Waals surface area contributed by atoms with E-state index in [4.69, 9.17) is 0 Å². The Morgan fingerprint density at radius 3 is 2.85 bits per heavy atom. The second kappa shape index (κ2) is 2.37. The van der Waals surface area contributed by atoms with Gasteiger partial charge in [0.05, 0.1) is 0 Å². The fourth-order valence-corrected chi connectivity index (χ4v) is 3.16. The summed E-state index contributed by atoms with van der Waals surface area (Å²) >= 11 is 0. The molecule has 0 radical (unpaired) electrons. The van der Waals surface area contributed by atoms with Gasteiger partial charge in [-0.25, -0.2) is 0 Å². The molecule has 2 atom stereocenters. The molecular formula is C13H16. The van der Waals surface area contributed by atoms with Crippen LogP contribution in [0.1, 0.15) is 37.3 Å². The molecule has 0 aliphatic heterocycles. The first-order chi connectivity index (χ1) is 6.33.